The van der Waals surface area contributed by atoms with Crippen molar-refractivity contribution in [2.24, 2.45) is 0 Å². The smallest absolute Gasteiger partial charge is 0.252 e. The minimum absolute atomic E-state index is 0.00271. The molecule has 6 aromatic rings. The summed E-state index contributed by atoms with van der Waals surface area (Å²) >= 11 is 0. The van der Waals surface area contributed by atoms with E-state index in [1.165, 1.54) is 101 Å². The minimum Gasteiger partial charge on any atom is -0.314 e. The molecule has 1 aliphatic carbocycles. The number of rotatable bonds is 3. The zero-order valence-corrected chi connectivity index (χ0v) is 39.5. The molecule has 310 valence electrons. The summed E-state index contributed by atoms with van der Waals surface area (Å²) in [5.41, 5.74) is 23.6. The van der Waals surface area contributed by atoms with E-state index in [1.54, 1.807) is 0 Å². The first kappa shape index (κ1) is 41.1. The lowest BCUT2D eigenvalue weighted by molar-refractivity contribution is 0.587. The van der Waals surface area contributed by atoms with E-state index in [0.29, 0.717) is 0 Å². The summed E-state index contributed by atoms with van der Waals surface area (Å²) in [6, 6.07) is 47.6. The first-order valence-electron chi connectivity index (χ1n) is 22.6. The zero-order valence-electron chi connectivity index (χ0n) is 39.5. The Labute approximate surface area is 367 Å². The van der Waals surface area contributed by atoms with Crippen molar-refractivity contribution in [3.8, 4) is 11.1 Å². The van der Waals surface area contributed by atoms with Crippen molar-refractivity contribution in [3.05, 3.63) is 166 Å². The molecule has 2 aliphatic heterocycles. The van der Waals surface area contributed by atoms with Gasteiger partial charge in [-0.2, -0.15) is 0 Å². The molecule has 2 nitrogen and oxygen atoms in total. The number of nitrogens with zero attached hydrogens (tertiary/aromatic N) is 2. The molecule has 0 bridgehead atoms. The lowest BCUT2D eigenvalue weighted by Crippen LogP contribution is -2.56. The van der Waals surface area contributed by atoms with E-state index < -0.39 is 0 Å². The van der Waals surface area contributed by atoms with E-state index in [9.17, 15) is 0 Å². The first-order valence-corrected chi connectivity index (χ1v) is 22.6. The second-order valence-corrected chi connectivity index (χ2v) is 22.9. The fourth-order valence-electron chi connectivity index (χ4n) is 10.4. The minimum atomic E-state index is -0.284. The van der Waals surface area contributed by atoms with Gasteiger partial charge in [-0.1, -0.05) is 182 Å². The van der Waals surface area contributed by atoms with Crippen molar-refractivity contribution in [2.75, 3.05) is 9.80 Å². The van der Waals surface area contributed by atoms with Crippen molar-refractivity contribution in [1.82, 2.24) is 0 Å². The number of allylic oxidation sites excluding steroid dienone is 1. The molecule has 0 spiro atoms. The topological polar surface area (TPSA) is 6.48 Å². The van der Waals surface area contributed by atoms with Gasteiger partial charge in [0.2, 0.25) is 0 Å². The van der Waals surface area contributed by atoms with Gasteiger partial charge >= 0.3 is 0 Å². The number of anilines is 5. The number of hydrogen-bond donors (Lipinski definition) is 0. The van der Waals surface area contributed by atoms with Gasteiger partial charge in [-0.05, 0) is 126 Å². The van der Waals surface area contributed by atoms with Gasteiger partial charge in [0.05, 0.1) is 5.69 Å². The monoisotopic (exact) mass is 801 g/mol. The third-order valence-corrected chi connectivity index (χ3v) is 13.9. The highest BCUT2D eigenvalue weighted by atomic mass is 15.2. The summed E-state index contributed by atoms with van der Waals surface area (Å²) < 4.78 is 0. The van der Waals surface area contributed by atoms with Crippen molar-refractivity contribution < 1.29 is 0 Å². The molecular weight excluding hydrogens is 735 g/mol. The lowest BCUT2D eigenvalue weighted by atomic mass is 9.32. The summed E-state index contributed by atoms with van der Waals surface area (Å²) in [6.07, 6.45) is 0. The second-order valence-electron chi connectivity index (χ2n) is 22.9. The van der Waals surface area contributed by atoms with Gasteiger partial charge in [0.15, 0.2) is 0 Å². The molecule has 61 heavy (non-hydrogen) atoms. The number of hydrogen-bond acceptors (Lipinski definition) is 2. The van der Waals surface area contributed by atoms with Crippen molar-refractivity contribution in [3.63, 3.8) is 0 Å². The molecule has 3 heteroatoms. The fraction of sp³-hybridized carbons (Fsp3) is 0.345. The second kappa shape index (κ2) is 13.6. The van der Waals surface area contributed by atoms with Crippen LogP contribution in [0.1, 0.15) is 136 Å². The summed E-state index contributed by atoms with van der Waals surface area (Å²) in [4.78, 5) is 5.27. The average Bonchev–Trinajstić information content (AvgIpc) is 3.42. The predicted octanol–water partition coefficient (Wildman–Crippen LogP) is 14.6. The van der Waals surface area contributed by atoms with E-state index in [1.807, 2.05) is 0 Å². The maximum atomic E-state index is 2.70. The van der Waals surface area contributed by atoms with Crippen LogP contribution in [0.2, 0.25) is 0 Å². The highest BCUT2D eigenvalue weighted by molar-refractivity contribution is 7.03. The molecule has 0 atom stereocenters. The Morgan fingerprint density at radius 1 is 0.459 bits per heavy atom. The van der Waals surface area contributed by atoms with Gasteiger partial charge in [0, 0.05) is 39.4 Å². The Hall–Kier alpha value is -5.28. The van der Waals surface area contributed by atoms with Crippen LogP contribution >= 0.6 is 0 Å². The molecule has 0 unspecified atom stereocenters. The molecule has 0 amide bonds. The standard InChI is InChI=1S/C58H65BN2/c1-36-32-49-52-50(33-36)61(47-19-17-16-18-43(47)37-20-22-38(23-21-37)54(2,3)4)53-51(44-34-40(56(8,9)10)26-30-45(44)58(53,14)15)59(52)46-35-41(57(11,12)13)27-31-48(46)60(49)42-28-24-39(25-29-42)55(5,6)7/h16-35H,1-15H3. The van der Waals surface area contributed by atoms with Crippen molar-refractivity contribution in [1.29, 1.82) is 0 Å². The molecule has 0 aromatic heterocycles. The van der Waals surface area contributed by atoms with Gasteiger partial charge in [-0.15, -0.1) is 0 Å². The van der Waals surface area contributed by atoms with Crippen LogP contribution in [-0.2, 0) is 27.1 Å². The average molecular weight is 801 g/mol. The van der Waals surface area contributed by atoms with Crippen LogP contribution in [0.25, 0.3) is 16.6 Å². The fourth-order valence-corrected chi connectivity index (χ4v) is 10.4. The molecule has 0 fully saturated rings. The van der Waals surface area contributed by atoms with Crippen LogP contribution < -0.4 is 20.7 Å². The van der Waals surface area contributed by atoms with E-state index >= 15 is 0 Å². The van der Waals surface area contributed by atoms with Crippen LogP contribution in [0.3, 0.4) is 0 Å². The van der Waals surface area contributed by atoms with Crippen LogP contribution in [0, 0.1) is 6.92 Å². The zero-order chi connectivity index (χ0) is 43.8. The van der Waals surface area contributed by atoms with E-state index in [0.717, 1.165) is 0 Å². The Bertz CT molecular complexity index is 2750. The molecule has 0 saturated heterocycles. The summed E-state index contributed by atoms with van der Waals surface area (Å²) in [7, 11) is 0. The van der Waals surface area contributed by atoms with Gasteiger partial charge < -0.3 is 9.80 Å². The van der Waals surface area contributed by atoms with Gasteiger partial charge in [-0.3, -0.25) is 0 Å². The normalized spacial score (nSPS) is 15.8. The Morgan fingerprint density at radius 3 is 1.56 bits per heavy atom. The van der Waals surface area contributed by atoms with Crippen molar-refractivity contribution >= 4 is 51.5 Å². The molecular formula is C58H65BN2. The molecule has 0 saturated carbocycles. The van der Waals surface area contributed by atoms with Crippen molar-refractivity contribution in [2.45, 2.75) is 131 Å². The van der Waals surface area contributed by atoms with Crippen LogP contribution in [0.15, 0.2) is 127 Å². The Morgan fingerprint density at radius 2 is 0.967 bits per heavy atom. The third kappa shape index (κ3) is 6.61. The molecule has 2 heterocycles. The number of fused-ring (bicyclic) bond motifs is 5. The maximum absolute atomic E-state index is 2.70. The molecule has 9 rings (SSSR count). The van der Waals surface area contributed by atoms with Crippen LogP contribution in [0.4, 0.5) is 28.4 Å². The van der Waals surface area contributed by atoms with Gasteiger partial charge in [0.1, 0.15) is 0 Å². The number of aryl methyl sites for hydroxylation is 1. The van der Waals surface area contributed by atoms with E-state index in [4.69, 9.17) is 0 Å². The van der Waals surface area contributed by atoms with E-state index in [-0.39, 0.29) is 33.8 Å². The molecule has 6 aromatic carbocycles. The quantitative estimate of drug-likeness (QED) is 0.165. The summed E-state index contributed by atoms with van der Waals surface area (Å²) in [5.74, 6) is 0. The van der Waals surface area contributed by atoms with Crippen LogP contribution in [0.5, 0.6) is 0 Å². The predicted molar refractivity (Wildman–Crippen MR) is 266 cm³/mol. The van der Waals surface area contributed by atoms with Gasteiger partial charge in [0.25, 0.3) is 6.71 Å². The Kier molecular flexibility index (Phi) is 9.17. The number of para-hydroxylation sites is 1. The highest BCUT2D eigenvalue weighted by Crippen LogP contribution is 2.57. The summed E-state index contributed by atoms with van der Waals surface area (Å²) in [6.45, 7) is 35.2. The maximum Gasteiger partial charge on any atom is 0.252 e. The SMILES string of the molecule is Cc1cc2c3c(c1)N(c1ccc(C(C)(C)C)cc1)c1ccc(C(C)(C)C)cc1B3C1=C(N2c2ccccc2-c2ccc(C(C)(C)C)cc2)C(C)(C)c2ccc(C(C)(C)C)cc21. The lowest BCUT2D eigenvalue weighted by Gasteiger charge is -2.47. The highest BCUT2D eigenvalue weighted by Gasteiger charge is 2.53. The first-order chi connectivity index (χ1) is 28.5. The third-order valence-electron chi connectivity index (χ3n) is 13.9. The van der Waals surface area contributed by atoms with E-state index in [2.05, 4.69) is 235 Å². The van der Waals surface area contributed by atoms with Crippen LogP contribution in [-0.4, -0.2) is 6.71 Å². The molecule has 3 aliphatic rings. The summed E-state index contributed by atoms with van der Waals surface area (Å²) in [5, 5.41) is 0. The van der Waals surface area contributed by atoms with Gasteiger partial charge in [-0.25, -0.2) is 0 Å². The number of benzene rings is 6. The Balaban J connectivity index is 1.41. The molecule has 0 radical (unpaired) electrons. The largest absolute Gasteiger partial charge is 0.314 e. The molecule has 0 N–H and O–H groups in total.